The Morgan fingerprint density at radius 1 is 1.42 bits per heavy atom. The topological polar surface area (TPSA) is 63.0 Å². The molecule has 0 spiro atoms. The van der Waals surface area contributed by atoms with E-state index in [4.69, 9.17) is 10.00 Å². The van der Waals surface area contributed by atoms with Crippen molar-refractivity contribution < 1.29 is 9.53 Å². The molecule has 0 saturated carbocycles. The minimum absolute atomic E-state index is 0.0156. The van der Waals surface area contributed by atoms with Crippen LogP contribution in [0.3, 0.4) is 0 Å². The predicted molar refractivity (Wildman–Crippen MR) is 72.0 cm³/mol. The molecule has 2 rings (SSSR count). The van der Waals surface area contributed by atoms with Crippen LogP contribution in [0.5, 0.6) is 0 Å². The molecule has 0 bridgehead atoms. The van der Waals surface area contributed by atoms with Crippen LogP contribution in [0.1, 0.15) is 12.5 Å². The van der Waals surface area contributed by atoms with Gasteiger partial charge >= 0.3 is 5.97 Å². The largest absolute Gasteiger partial charge is 0.462 e. The number of ether oxygens (including phenoxy) is 1. The van der Waals surface area contributed by atoms with Gasteiger partial charge in [-0.2, -0.15) is 5.26 Å². The van der Waals surface area contributed by atoms with Crippen LogP contribution in [0.15, 0.2) is 42.1 Å². The molecule has 19 heavy (non-hydrogen) atoms. The number of carbonyl (C=O) groups excluding carboxylic acids is 1. The Hall–Kier alpha value is -2.67. The van der Waals surface area contributed by atoms with Gasteiger partial charge in [0, 0.05) is 11.6 Å². The Balaban J connectivity index is 2.50. The molecule has 2 aromatic rings. The smallest absolute Gasteiger partial charge is 0.348 e. The molecule has 0 saturated heterocycles. The van der Waals surface area contributed by atoms with Crippen LogP contribution in [-0.2, 0) is 9.53 Å². The van der Waals surface area contributed by atoms with Crippen molar-refractivity contribution in [1.82, 2.24) is 4.98 Å². The van der Waals surface area contributed by atoms with Crippen LogP contribution >= 0.6 is 0 Å². The number of pyridine rings is 1. The maximum absolute atomic E-state index is 11.6. The van der Waals surface area contributed by atoms with Crippen molar-refractivity contribution in [3.63, 3.8) is 0 Å². The molecule has 0 radical (unpaired) electrons. The number of hydrogen-bond donors (Lipinski definition) is 0. The van der Waals surface area contributed by atoms with Gasteiger partial charge in [-0.25, -0.2) is 4.79 Å². The van der Waals surface area contributed by atoms with Crippen molar-refractivity contribution in [2.24, 2.45) is 0 Å². The molecule has 0 aliphatic rings. The van der Waals surface area contributed by atoms with Crippen LogP contribution < -0.4 is 0 Å². The first-order chi connectivity index (χ1) is 9.26. The van der Waals surface area contributed by atoms with E-state index in [9.17, 15) is 4.79 Å². The molecule has 0 unspecified atom stereocenters. The Morgan fingerprint density at radius 2 is 2.26 bits per heavy atom. The highest BCUT2D eigenvalue weighted by atomic mass is 16.5. The lowest BCUT2D eigenvalue weighted by atomic mass is 10.1. The molecule has 0 atom stereocenters. The van der Waals surface area contributed by atoms with Gasteiger partial charge in [0.1, 0.15) is 11.6 Å². The molecule has 4 nitrogen and oxygen atoms in total. The van der Waals surface area contributed by atoms with Crippen molar-refractivity contribution in [1.29, 1.82) is 5.26 Å². The van der Waals surface area contributed by atoms with E-state index in [-0.39, 0.29) is 12.2 Å². The first-order valence-corrected chi connectivity index (χ1v) is 5.89. The number of rotatable bonds is 3. The molecule has 0 N–H and O–H groups in total. The van der Waals surface area contributed by atoms with Gasteiger partial charge in [-0.15, -0.1) is 0 Å². The van der Waals surface area contributed by atoms with Crippen LogP contribution in [0.25, 0.3) is 17.0 Å². The molecule has 0 aliphatic carbocycles. The zero-order valence-electron chi connectivity index (χ0n) is 10.5. The molecular formula is C15H12N2O2. The van der Waals surface area contributed by atoms with Gasteiger partial charge in [0.25, 0.3) is 0 Å². The number of esters is 1. The molecular weight excluding hydrogens is 240 g/mol. The van der Waals surface area contributed by atoms with Gasteiger partial charge in [-0.05, 0) is 30.7 Å². The maximum atomic E-state index is 11.6. The minimum Gasteiger partial charge on any atom is -0.462 e. The van der Waals surface area contributed by atoms with E-state index in [0.29, 0.717) is 0 Å². The highest BCUT2D eigenvalue weighted by molar-refractivity contribution is 6.00. The summed E-state index contributed by atoms with van der Waals surface area (Å²) >= 11 is 0. The fourth-order valence-electron chi connectivity index (χ4n) is 1.75. The van der Waals surface area contributed by atoms with Crippen molar-refractivity contribution in [3.05, 3.63) is 47.7 Å². The molecule has 1 heterocycles. The normalized spacial score (nSPS) is 11.1. The molecule has 1 aromatic carbocycles. The molecule has 4 heteroatoms. The number of carbonyl (C=O) groups is 1. The van der Waals surface area contributed by atoms with E-state index < -0.39 is 5.97 Å². The fraction of sp³-hybridized carbons (Fsp3) is 0.133. The maximum Gasteiger partial charge on any atom is 0.348 e. The Labute approximate surface area is 111 Å². The van der Waals surface area contributed by atoms with E-state index in [2.05, 4.69) is 4.98 Å². The van der Waals surface area contributed by atoms with Gasteiger partial charge in [0.2, 0.25) is 0 Å². The Bertz CT molecular complexity index is 679. The lowest BCUT2D eigenvalue weighted by Crippen LogP contribution is -2.06. The molecule has 0 fully saturated rings. The van der Waals surface area contributed by atoms with Gasteiger partial charge in [0.05, 0.1) is 12.1 Å². The second-order valence-corrected chi connectivity index (χ2v) is 3.81. The monoisotopic (exact) mass is 252 g/mol. The van der Waals surface area contributed by atoms with E-state index >= 15 is 0 Å². The van der Waals surface area contributed by atoms with Crippen LogP contribution in [0.4, 0.5) is 0 Å². The number of benzene rings is 1. The van der Waals surface area contributed by atoms with Gasteiger partial charge in [0.15, 0.2) is 0 Å². The van der Waals surface area contributed by atoms with Gasteiger partial charge in [-0.1, -0.05) is 18.2 Å². The quantitative estimate of drug-likeness (QED) is 0.478. The van der Waals surface area contributed by atoms with Gasteiger partial charge < -0.3 is 4.74 Å². The molecule has 0 aliphatic heterocycles. The summed E-state index contributed by atoms with van der Waals surface area (Å²) in [6, 6.07) is 11.1. The van der Waals surface area contributed by atoms with Crippen molar-refractivity contribution in [2.75, 3.05) is 6.61 Å². The van der Waals surface area contributed by atoms with Crippen LogP contribution in [0.2, 0.25) is 0 Å². The number of aromatic nitrogens is 1. The summed E-state index contributed by atoms with van der Waals surface area (Å²) in [4.78, 5) is 15.8. The van der Waals surface area contributed by atoms with Gasteiger partial charge in [-0.3, -0.25) is 4.98 Å². The summed E-state index contributed by atoms with van der Waals surface area (Å²) in [5.41, 5.74) is 1.57. The van der Waals surface area contributed by atoms with E-state index in [1.165, 1.54) is 6.08 Å². The van der Waals surface area contributed by atoms with Crippen molar-refractivity contribution in [2.45, 2.75) is 6.92 Å². The van der Waals surface area contributed by atoms with Crippen LogP contribution in [-0.4, -0.2) is 17.6 Å². The third-order valence-electron chi connectivity index (χ3n) is 2.60. The number of nitriles is 1. The fourth-order valence-corrected chi connectivity index (χ4v) is 1.75. The summed E-state index contributed by atoms with van der Waals surface area (Å²) in [7, 11) is 0. The lowest BCUT2D eigenvalue weighted by molar-refractivity contribution is -0.137. The predicted octanol–water partition coefficient (Wildman–Crippen LogP) is 2.70. The number of hydrogen-bond acceptors (Lipinski definition) is 4. The first kappa shape index (κ1) is 12.8. The average molecular weight is 252 g/mol. The summed E-state index contributed by atoms with van der Waals surface area (Å²) in [5, 5.41) is 9.91. The average Bonchev–Trinajstić information content (AvgIpc) is 2.45. The summed E-state index contributed by atoms with van der Waals surface area (Å²) < 4.78 is 4.83. The number of fused-ring (bicyclic) bond motifs is 1. The van der Waals surface area contributed by atoms with E-state index in [1.807, 2.05) is 36.4 Å². The minimum atomic E-state index is -0.606. The summed E-state index contributed by atoms with van der Waals surface area (Å²) in [5.74, 6) is -0.606. The SMILES string of the molecule is CCOC(=O)/C(C#N)=C/c1cccc2ncccc12. The molecule has 94 valence electrons. The molecule has 0 amide bonds. The van der Waals surface area contributed by atoms with Crippen LogP contribution in [0, 0.1) is 11.3 Å². The third kappa shape index (κ3) is 2.78. The third-order valence-corrected chi connectivity index (χ3v) is 2.60. The van der Waals surface area contributed by atoms with E-state index in [1.54, 1.807) is 13.1 Å². The summed E-state index contributed by atoms with van der Waals surface area (Å²) in [6.07, 6.45) is 3.23. The Morgan fingerprint density at radius 3 is 3.00 bits per heavy atom. The highest BCUT2D eigenvalue weighted by Crippen LogP contribution is 2.19. The summed E-state index contributed by atoms with van der Waals surface area (Å²) in [6.45, 7) is 1.95. The first-order valence-electron chi connectivity index (χ1n) is 5.89. The number of nitrogens with zero attached hydrogens (tertiary/aromatic N) is 2. The zero-order chi connectivity index (χ0) is 13.7. The second kappa shape index (κ2) is 5.78. The Kier molecular flexibility index (Phi) is 3.89. The second-order valence-electron chi connectivity index (χ2n) is 3.81. The zero-order valence-corrected chi connectivity index (χ0v) is 10.5. The van der Waals surface area contributed by atoms with Crippen molar-refractivity contribution in [3.8, 4) is 6.07 Å². The standard InChI is InChI=1S/C15H12N2O2/c1-2-19-15(18)12(10-16)9-11-5-3-7-14-13(11)6-4-8-17-14/h3-9H,2H2,1H3/b12-9+. The van der Waals surface area contributed by atoms with E-state index in [0.717, 1.165) is 16.5 Å². The highest BCUT2D eigenvalue weighted by Gasteiger charge is 2.10. The lowest BCUT2D eigenvalue weighted by Gasteiger charge is -2.03. The molecule has 1 aromatic heterocycles. The van der Waals surface area contributed by atoms with Crippen molar-refractivity contribution >= 4 is 22.9 Å².